The molecule has 148 valence electrons. The standard InChI is InChI=1S/C21H18N2O6/c1-28-17-8-9-18(19(12-17)23(26)27)22-20(24)13-29-21(25)11-14-6-7-15-4-2-3-5-16(15)10-14/h2-10,12H,11,13H2,1H3,(H,22,24). The maximum atomic E-state index is 12.0. The van der Waals surface area contributed by atoms with Gasteiger partial charge in [0, 0.05) is 0 Å². The van der Waals surface area contributed by atoms with Gasteiger partial charge in [-0.3, -0.25) is 19.7 Å². The minimum absolute atomic E-state index is 0.00798. The Kier molecular flexibility index (Phi) is 6.03. The number of rotatable bonds is 7. The zero-order valence-electron chi connectivity index (χ0n) is 15.6. The zero-order chi connectivity index (χ0) is 20.8. The lowest BCUT2D eigenvalue weighted by Gasteiger charge is -2.08. The Balaban J connectivity index is 1.57. The predicted octanol–water partition coefficient (Wildman–Crippen LogP) is 3.48. The van der Waals surface area contributed by atoms with Crippen molar-refractivity contribution in [1.29, 1.82) is 0 Å². The molecule has 3 aromatic rings. The number of benzene rings is 3. The molecule has 3 rings (SSSR count). The van der Waals surface area contributed by atoms with Crippen LogP contribution >= 0.6 is 0 Å². The Morgan fingerprint density at radius 1 is 1.03 bits per heavy atom. The van der Waals surface area contributed by atoms with Crippen LogP contribution in [0.15, 0.2) is 60.7 Å². The third-order valence-electron chi connectivity index (χ3n) is 4.20. The number of ether oxygens (including phenoxy) is 2. The number of anilines is 1. The molecule has 0 radical (unpaired) electrons. The fourth-order valence-corrected chi connectivity index (χ4v) is 2.79. The molecule has 0 unspecified atom stereocenters. The van der Waals surface area contributed by atoms with Gasteiger partial charge >= 0.3 is 5.97 Å². The Morgan fingerprint density at radius 3 is 2.52 bits per heavy atom. The minimum atomic E-state index is -0.676. The van der Waals surface area contributed by atoms with Crippen LogP contribution in [0.4, 0.5) is 11.4 Å². The second-order valence-electron chi connectivity index (χ2n) is 6.21. The van der Waals surface area contributed by atoms with Gasteiger partial charge in [-0.15, -0.1) is 0 Å². The van der Waals surface area contributed by atoms with Crippen LogP contribution in [0.5, 0.6) is 5.75 Å². The Bertz CT molecular complexity index is 1080. The van der Waals surface area contributed by atoms with Gasteiger partial charge < -0.3 is 14.8 Å². The molecule has 0 aromatic heterocycles. The maximum Gasteiger partial charge on any atom is 0.310 e. The van der Waals surface area contributed by atoms with Gasteiger partial charge in [-0.05, 0) is 28.5 Å². The minimum Gasteiger partial charge on any atom is -0.496 e. The van der Waals surface area contributed by atoms with Crippen molar-refractivity contribution in [2.45, 2.75) is 6.42 Å². The highest BCUT2D eigenvalue weighted by atomic mass is 16.6. The second-order valence-corrected chi connectivity index (χ2v) is 6.21. The summed E-state index contributed by atoms with van der Waals surface area (Å²) in [6.45, 7) is -0.546. The number of hydrogen-bond donors (Lipinski definition) is 1. The molecule has 29 heavy (non-hydrogen) atoms. The lowest BCUT2D eigenvalue weighted by molar-refractivity contribution is -0.384. The highest BCUT2D eigenvalue weighted by Gasteiger charge is 2.18. The molecular formula is C21H18N2O6. The number of nitro groups is 1. The number of carbonyl (C=O) groups excluding carboxylic acids is 2. The molecule has 0 spiro atoms. The number of nitro benzene ring substituents is 1. The molecular weight excluding hydrogens is 376 g/mol. The molecule has 0 heterocycles. The molecule has 1 N–H and O–H groups in total. The van der Waals surface area contributed by atoms with E-state index in [2.05, 4.69) is 5.32 Å². The van der Waals surface area contributed by atoms with Crippen LogP contribution < -0.4 is 10.1 Å². The monoisotopic (exact) mass is 394 g/mol. The summed E-state index contributed by atoms with van der Waals surface area (Å²) < 4.78 is 9.93. The van der Waals surface area contributed by atoms with E-state index >= 15 is 0 Å². The maximum absolute atomic E-state index is 12.0. The summed E-state index contributed by atoms with van der Waals surface area (Å²) in [6, 6.07) is 17.4. The van der Waals surface area contributed by atoms with E-state index in [1.165, 1.54) is 25.3 Å². The van der Waals surface area contributed by atoms with Gasteiger partial charge in [-0.1, -0.05) is 42.5 Å². The van der Waals surface area contributed by atoms with Crippen molar-refractivity contribution in [1.82, 2.24) is 0 Å². The third-order valence-corrected chi connectivity index (χ3v) is 4.20. The number of carbonyl (C=O) groups is 2. The number of methoxy groups -OCH3 is 1. The number of nitrogens with zero attached hydrogens (tertiary/aromatic N) is 1. The second kappa shape index (κ2) is 8.83. The molecule has 0 fully saturated rings. The molecule has 0 aliphatic rings. The van der Waals surface area contributed by atoms with E-state index in [1.807, 2.05) is 42.5 Å². The predicted molar refractivity (Wildman–Crippen MR) is 107 cm³/mol. The first-order valence-electron chi connectivity index (χ1n) is 8.72. The van der Waals surface area contributed by atoms with Crippen LogP contribution in [0.3, 0.4) is 0 Å². The zero-order valence-corrected chi connectivity index (χ0v) is 15.6. The smallest absolute Gasteiger partial charge is 0.310 e. The average molecular weight is 394 g/mol. The first-order chi connectivity index (χ1) is 14.0. The van der Waals surface area contributed by atoms with Crippen LogP contribution in [-0.2, 0) is 20.7 Å². The number of amides is 1. The number of hydrogen-bond acceptors (Lipinski definition) is 6. The lowest BCUT2D eigenvalue weighted by Crippen LogP contribution is -2.22. The summed E-state index contributed by atoms with van der Waals surface area (Å²) in [4.78, 5) is 34.6. The Hall–Kier alpha value is -3.94. The summed E-state index contributed by atoms with van der Waals surface area (Å²) in [5, 5.41) is 15.6. The van der Waals surface area contributed by atoms with Crippen molar-refractivity contribution in [3.05, 3.63) is 76.3 Å². The molecule has 0 atom stereocenters. The fourth-order valence-electron chi connectivity index (χ4n) is 2.79. The number of nitrogens with one attached hydrogen (secondary N) is 1. The summed E-state index contributed by atoms with van der Waals surface area (Å²) in [6.07, 6.45) is 0.0147. The quantitative estimate of drug-likeness (QED) is 0.373. The topological polar surface area (TPSA) is 108 Å². The molecule has 0 saturated carbocycles. The molecule has 0 aliphatic heterocycles. The van der Waals surface area contributed by atoms with E-state index in [-0.39, 0.29) is 23.5 Å². The van der Waals surface area contributed by atoms with Crippen LogP contribution in [0.2, 0.25) is 0 Å². The SMILES string of the molecule is COc1ccc(NC(=O)COC(=O)Cc2ccc3ccccc3c2)c([N+](=O)[O-])c1. The highest BCUT2D eigenvalue weighted by Crippen LogP contribution is 2.28. The highest BCUT2D eigenvalue weighted by molar-refractivity contribution is 5.95. The molecule has 8 nitrogen and oxygen atoms in total. The normalized spacial score (nSPS) is 10.4. The molecule has 0 bridgehead atoms. The molecule has 3 aromatic carbocycles. The van der Waals surface area contributed by atoms with Crippen molar-refractivity contribution in [2.24, 2.45) is 0 Å². The largest absolute Gasteiger partial charge is 0.496 e. The summed E-state index contributed by atoms with van der Waals surface area (Å²) in [5.41, 5.74) is 0.437. The van der Waals surface area contributed by atoms with Crippen molar-refractivity contribution in [2.75, 3.05) is 19.0 Å². The van der Waals surface area contributed by atoms with E-state index in [9.17, 15) is 19.7 Å². The van der Waals surface area contributed by atoms with Gasteiger partial charge in [0.15, 0.2) is 6.61 Å². The molecule has 0 aliphatic carbocycles. The van der Waals surface area contributed by atoms with Crippen LogP contribution in [-0.4, -0.2) is 30.5 Å². The van der Waals surface area contributed by atoms with E-state index < -0.39 is 23.4 Å². The third kappa shape index (κ3) is 5.07. The van der Waals surface area contributed by atoms with E-state index in [0.29, 0.717) is 0 Å². The lowest BCUT2D eigenvalue weighted by atomic mass is 10.1. The van der Waals surface area contributed by atoms with Crippen molar-refractivity contribution < 1.29 is 24.0 Å². The van der Waals surface area contributed by atoms with Crippen molar-refractivity contribution >= 4 is 34.0 Å². The van der Waals surface area contributed by atoms with E-state index in [4.69, 9.17) is 9.47 Å². The van der Waals surface area contributed by atoms with Gasteiger partial charge in [0.2, 0.25) is 0 Å². The van der Waals surface area contributed by atoms with Crippen molar-refractivity contribution in [3.63, 3.8) is 0 Å². The van der Waals surface area contributed by atoms with Gasteiger partial charge in [0.25, 0.3) is 11.6 Å². The molecule has 8 heteroatoms. The van der Waals surface area contributed by atoms with Crippen LogP contribution in [0.1, 0.15) is 5.56 Å². The van der Waals surface area contributed by atoms with E-state index in [1.54, 1.807) is 0 Å². The summed E-state index contributed by atoms with van der Waals surface area (Å²) >= 11 is 0. The number of fused-ring (bicyclic) bond motifs is 1. The van der Waals surface area contributed by atoms with Crippen molar-refractivity contribution in [3.8, 4) is 5.75 Å². The molecule has 1 amide bonds. The van der Waals surface area contributed by atoms with Crippen LogP contribution in [0, 0.1) is 10.1 Å². The summed E-state index contributed by atoms with van der Waals surface area (Å²) in [7, 11) is 1.38. The fraction of sp³-hybridized carbons (Fsp3) is 0.143. The average Bonchev–Trinajstić information content (AvgIpc) is 2.72. The molecule has 0 saturated heterocycles. The van der Waals surface area contributed by atoms with Gasteiger partial charge in [-0.25, -0.2) is 0 Å². The van der Waals surface area contributed by atoms with Crippen LogP contribution in [0.25, 0.3) is 10.8 Å². The first-order valence-corrected chi connectivity index (χ1v) is 8.72. The first kappa shape index (κ1) is 19.8. The Labute approximate surface area is 166 Å². The van der Waals surface area contributed by atoms with Gasteiger partial charge in [0.05, 0.1) is 24.5 Å². The van der Waals surface area contributed by atoms with Gasteiger partial charge in [0.1, 0.15) is 11.4 Å². The van der Waals surface area contributed by atoms with Gasteiger partial charge in [-0.2, -0.15) is 0 Å². The number of esters is 1. The Morgan fingerprint density at radius 2 is 1.79 bits per heavy atom. The summed E-state index contributed by atoms with van der Waals surface area (Å²) in [5.74, 6) is -0.957. The van der Waals surface area contributed by atoms with E-state index in [0.717, 1.165) is 16.3 Å².